The number of hydrogen-bond acceptors (Lipinski definition) is 4. The number of aliphatic imine (C=N–C) groups is 1. The molecule has 0 radical (unpaired) electrons. The van der Waals surface area contributed by atoms with Crippen LogP contribution in [0.25, 0.3) is 0 Å². The Morgan fingerprint density at radius 2 is 1.96 bits per heavy atom. The van der Waals surface area contributed by atoms with Crippen LogP contribution in [-0.4, -0.2) is 62.6 Å². The molecule has 1 aromatic heterocycles. The molecule has 28 heavy (non-hydrogen) atoms. The summed E-state index contributed by atoms with van der Waals surface area (Å²) in [4.78, 5) is 18.8. The van der Waals surface area contributed by atoms with Crippen LogP contribution in [0.15, 0.2) is 21.7 Å². The number of carbonyl (C=O) groups excluding carboxylic acids is 1. The minimum Gasteiger partial charge on any atom is -0.459 e. The summed E-state index contributed by atoms with van der Waals surface area (Å²) >= 11 is 0. The summed E-state index contributed by atoms with van der Waals surface area (Å²) in [7, 11) is 1.80. The molecule has 1 fully saturated rings. The van der Waals surface area contributed by atoms with Gasteiger partial charge in [-0.2, -0.15) is 0 Å². The molecule has 7 nitrogen and oxygen atoms in total. The van der Waals surface area contributed by atoms with Crippen LogP contribution in [0.3, 0.4) is 0 Å². The summed E-state index contributed by atoms with van der Waals surface area (Å²) < 4.78 is 5.19. The number of aryl methyl sites for hydroxylation is 1. The highest BCUT2D eigenvalue weighted by Crippen LogP contribution is 2.11. The minimum atomic E-state index is -0.158. The van der Waals surface area contributed by atoms with E-state index in [4.69, 9.17) is 4.42 Å². The van der Waals surface area contributed by atoms with Gasteiger partial charge in [-0.25, -0.2) is 0 Å². The molecule has 1 saturated heterocycles. The highest BCUT2D eigenvalue weighted by molar-refractivity contribution is 14.0. The van der Waals surface area contributed by atoms with Crippen LogP contribution in [0.4, 0.5) is 0 Å². The van der Waals surface area contributed by atoms with Crippen LogP contribution in [0, 0.1) is 6.92 Å². The van der Waals surface area contributed by atoms with Crippen LogP contribution in [0.5, 0.6) is 0 Å². The van der Waals surface area contributed by atoms with Gasteiger partial charge in [-0.15, -0.1) is 24.0 Å². The summed E-state index contributed by atoms with van der Waals surface area (Å²) in [5.41, 5.74) is 0.857. The molecular formula is C20H36IN5O2. The lowest BCUT2D eigenvalue weighted by Crippen LogP contribution is -2.49. The third-order valence-electron chi connectivity index (χ3n) is 4.98. The topological polar surface area (TPSA) is 81.9 Å². The van der Waals surface area contributed by atoms with E-state index in [-0.39, 0.29) is 29.9 Å². The zero-order chi connectivity index (χ0) is 19.5. The number of nitrogens with one attached hydrogen (secondary N) is 3. The van der Waals surface area contributed by atoms with Gasteiger partial charge in [0.1, 0.15) is 0 Å². The largest absolute Gasteiger partial charge is 0.459 e. The molecule has 1 aliphatic rings. The van der Waals surface area contributed by atoms with E-state index in [0.29, 0.717) is 18.3 Å². The number of rotatable bonds is 9. The monoisotopic (exact) mass is 505 g/mol. The standard InChI is InChI=1S/C20H35N5O2.HI/c1-4-5-12-25-13-7-17(8-14-25)24-20(21-3)23-11-6-10-22-19(26)18-16(2)9-15-27-18;/h9,15,17H,4-8,10-14H2,1-3H3,(H,22,26)(H2,21,23,24);1H. The molecule has 160 valence electrons. The lowest BCUT2D eigenvalue weighted by Gasteiger charge is -2.33. The summed E-state index contributed by atoms with van der Waals surface area (Å²) in [6.07, 6.45) is 7.22. The van der Waals surface area contributed by atoms with E-state index < -0.39 is 0 Å². The van der Waals surface area contributed by atoms with E-state index in [2.05, 4.69) is 32.8 Å². The van der Waals surface area contributed by atoms with Crippen molar-refractivity contribution < 1.29 is 9.21 Å². The molecule has 0 bridgehead atoms. The van der Waals surface area contributed by atoms with Gasteiger partial charge in [-0.1, -0.05) is 13.3 Å². The molecular weight excluding hydrogens is 469 g/mol. The van der Waals surface area contributed by atoms with Gasteiger partial charge < -0.3 is 25.3 Å². The Bertz CT molecular complexity index is 597. The molecule has 1 amide bonds. The van der Waals surface area contributed by atoms with E-state index in [1.165, 1.54) is 25.6 Å². The maximum Gasteiger partial charge on any atom is 0.287 e. The first kappa shape index (κ1) is 24.7. The van der Waals surface area contributed by atoms with Gasteiger partial charge in [0.2, 0.25) is 0 Å². The van der Waals surface area contributed by atoms with E-state index in [0.717, 1.165) is 50.4 Å². The second-order valence-corrected chi connectivity index (χ2v) is 7.15. The number of furan rings is 1. The van der Waals surface area contributed by atoms with Crippen LogP contribution >= 0.6 is 24.0 Å². The second-order valence-electron chi connectivity index (χ2n) is 7.15. The summed E-state index contributed by atoms with van der Waals surface area (Å²) in [5, 5.41) is 9.74. The first-order valence-corrected chi connectivity index (χ1v) is 10.2. The lowest BCUT2D eigenvalue weighted by atomic mass is 10.0. The third-order valence-corrected chi connectivity index (χ3v) is 4.98. The summed E-state index contributed by atoms with van der Waals surface area (Å²) in [6, 6.07) is 2.27. The average molecular weight is 505 g/mol. The number of likely N-dealkylation sites (tertiary alicyclic amines) is 1. The molecule has 1 aromatic rings. The van der Waals surface area contributed by atoms with E-state index >= 15 is 0 Å². The fraction of sp³-hybridized carbons (Fsp3) is 0.700. The molecule has 0 spiro atoms. The Hall–Kier alpha value is -1.29. The van der Waals surface area contributed by atoms with Gasteiger partial charge in [-0.3, -0.25) is 9.79 Å². The first-order chi connectivity index (χ1) is 13.1. The maximum atomic E-state index is 12.0. The second kappa shape index (κ2) is 13.8. The number of guanidine groups is 1. The summed E-state index contributed by atoms with van der Waals surface area (Å²) in [5.74, 6) is 1.08. The number of piperidine rings is 1. The van der Waals surface area contributed by atoms with Crippen molar-refractivity contribution in [1.82, 2.24) is 20.9 Å². The van der Waals surface area contributed by atoms with Crippen molar-refractivity contribution in [2.75, 3.05) is 39.8 Å². The molecule has 0 unspecified atom stereocenters. The van der Waals surface area contributed by atoms with Crippen molar-refractivity contribution in [1.29, 1.82) is 0 Å². The van der Waals surface area contributed by atoms with E-state index in [9.17, 15) is 4.79 Å². The van der Waals surface area contributed by atoms with Crippen LogP contribution in [0.1, 0.15) is 55.1 Å². The van der Waals surface area contributed by atoms with Crippen molar-refractivity contribution in [3.8, 4) is 0 Å². The van der Waals surface area contributed by atoms with Gasteiger partial charge in [0.25, 0.3) is 5.91 Å². The Kier molecular flexibility index (Phi) is 12.2. The lowest BCUT2D eigenvalue weighted by molar-refractivity contribution is 0.0925. The van der Waals surface area contributed by atoms with Gasteiger partial charge in [0.15, 0.2) is 11.7 Å². The number of unbranched alkanes of at least 4 members (excludes halogenated alkanes) is 1. The molecule has 1 aliphatic heterocycles. The van der Waals surface area contributed by atoms with Gasteiger partial charge in [-0.05, 0) is 45.2 Å². The molecule has 3 N–H and O–H groups in total. The Balaban J connectivity index is 0.00000392. The fourth-order valence-electron chi connectivity index (χ4n) is 3.25. The van der Waals surface area contributed by atoms with Crippen LogP contribution in [0.2, 0.25) is 0 Å². The third kappa shape index (κ3) is 8.38. The van der Waals surface area contributed by atoms with Crippen molar-refractivity contribution in [3.05, 3.63) is 23.7 Å². The molecule has 8 heteroatoms. The molecule has 0 aromatic carbocycles. The fourth-order valence-corrected chi connectivity index (χ4v) is 3.25. The minimum absolute atomic E-state index is 0. The zero-order valence-corrected chi connectivity index (χ0v) is 19.8. The highest BCUT2D eigenvalue weighted by atomic mass is 127. The highest BCUT2D eigenvalue weighted by Gasteiger charge is 2.19. The van der Waals surface area contributed by atoms with Crippen molar-refractivity contribution >= 4 is 35.8 Å². The quantitative estimate of drug-likeness (QED) is 0.208. The average Bonchev–Trinajstić information content (AvgIpc) is 3.12. The molecule has 2 rings (SSSR count). The Morgan fingerprint density at radius 3 is 2.57 bits per heavy atom. The number of amides is 1. The number of halogens is 1. The number of hydrogen-bond donors (Lipinski definition) is 3. The maximum absolute atomic E-state index is 12.0. The van der Waals surface area contributed by atoms with Crippen LogP contribution in [-0.2, 0) is 0 Å². The van der Waals surface area contributed by atoms with E-state index in [1.807, 2.05) is 6.92 Å². The first-order valence-electron chi connectivity index (χ1n) is 10.2. The van der Waals surface area contributed by atoms with E-state index in [1.54, 1.807) is 13.1 Å². The molecule has 2 heterocycles. The van der Waals surface area contributed by atoms with Crippen LogP contribution < -0.4 is 16.0 Å². The smallest absolute Gasteiger partial charge is 0.287 e. The normalized spacial score (nSPS) is 15.8. The molecule has 0 atom stereocenters. The Labute approximate surface area is 186 Å². The Morgan fingerprint density at radius 1 is 1.25 bits per heavy atom. The summed E-state index contributed by atoms with van der Waals surface area (Å²) in [6.45, 7) is 9.00. The van der Waals surface area contributed by atoms with Crippen molar-refractivity contribution in [2.45, 2.75) is 52.0 Å². The molecule has 0 saturated carbocycles. The number of nitrogens with zero attached hydrogens (tertiary/aromatic N) is 2. The van der Waals surface area contributed by atoms with Gasteiger partial charge in [0, 0.05) is 44.8 Å². The molecule has 0 aliphatic carbocycles. The predicted octanol–water partition coefficient (Wildman–Crippen LogP) is 2.76. The van der Waals surface area contributed by atoms with Crippen molar-refractivity contribution in [3.63, 3.8) is 0 Å². The van der Waals surface area contributed by atoms with Crippen molar-refractivity contribution in [2.24, 2.45) is 4.99 Å². The van der Waals surface area contributed by atoms with Gasteiger partial charge in [0.05, 0.1) is 6.26 Å². The van der Waals surface area contributed by atoms with Gasteiger partial charge >= 0.3 is 0 Å². The predicted molar refractivity (Wildman–Crippen MR) is 125 cm³/mol. The zero-order valence-electron chi connectivity index (χ0n) is 17.4. The number of carbonyl (C=O) groups is 1. The SMILES string of the molecule is CCCCN1CCC(NC(=NC)NCCCNC(=O)c2occc2C)CC1.I.